The lowest BCUT2D eigenvalue weighted by molar-refractivity contribution is -0.121. The molecular weight excluding hydrogens is 462 g/mol. The van der Waals surface area contributed by atoms with E-state index in [-0.39, 0.29) is 18.1 Å². The number of hydrogen-bond acceptors (Lipinski definition) is 4. The van der Waals surface area contributed by atoms with Gasteiger partial charge in [-0.2, -0.15) is 5.10 Å². The van der Waals surface area contributed by atoms with E-state index >= 15 is 0 Å². The van der Waals surface area contributed by atoms with Crippen LogP contribution in [0.2, 0.25) is 0 Å². The van der Waals surface area contributed by atoms with Crippen molar-refractivity contribution in [1.29, 1.82) is 0 Å². The van der Waals surface area contributed by atoms with Crippen molar-refractivity contribution >= 4 is 23.0 Å². The SMILES string of the molecule is COc1cc(/C=N/NC(=O)CCn2c(-c3ccccc3)c(-c3ccccc3)c3ccccc32)ccc1O. The smallest absolute Gasteiger partial charge is 0.241 e. The number of benzene rings is 4. The zero-order chi connectivity index (χ0) is 25.6. The Kier molecular flexibility index (Phi) is 6.99. The topological polar surface area (TPSA) is 75.8 Å². The fourth-order valence-electron chi connectivity index (χ4n) is 4.55. The van der Waals surface area contributed by atoms with Gasteiger partial charge in [0, 0.05) is 29.4 Å². The summed E-state index contributed by atoms with van der Waals surface area (Å²) in [5.74, 6) is 0.198. The van der Waals surface area contributed by atoms with Crippen LogP contribution in [0.3, 0.4) is 0 Å². The van der Waals surface area contributed by atoms with Crippen molar-refractivity contribution in [2.24, 2.45) is 5.10 Å². The van der Waals surface area contributed by atoms with Gasteiger partial charge in [-0.25, -0.2) is 5.43 Å². The number of carbonyl (C=O) groups excluding carboxylic acids is 1. The lowest BCUT2D eigenvalue weighted by atomic mass is 9.98. The number of nitrogens with one attached hydrogen (secondary N) is 1. The average Bonchev–Trinajstić information content (AvgIpc) is 3.28. The summed E-state index contributed by atoms with van der Waals surface area (Å²) in [6.07, 6.45) is 1.77. The summed E-state index contributed by atoms with van der Waals surface area (Å²) in [6.45, 7) is 0.492. The molecule has 0 unspecified atom stereocenters. The molecule has 0 spiro atoms. The van der Waals surface area contributed by atoms with E-state index in [9.17, 15) is 9.90 Å². The number of hydrogen-bond donors (Lipinski definition) is 2. The third-order valence-corrected chi connectivity index (χ3v) is 6.25. The minimum Gasteiger partial charge on any atom is -0.504 e. The standard InChI is InChI=1S/C31H27N3O3/c1-37-28-20-22(16-17-27(28)35)21-32-33-29(36)18-19-34-26-15-9-8-14-25(26)30(23-10-4-2-5-11-23)31(34)24-12-6-3-7-13-24/h2-17,20-21,35H,18-19H2,1H3,(H,33,36)/b32-21+. The second-order valence-electron chi connectivity index (χ2n) is 8.60. The molecule has 4 aromatic carbocycles. The summed E-state index contributed by atoms with van der Waals surface area (Å²) in [4.78, 5) is 12.7. The number of rotatable bonds is 8. The molecule has 6 heteroatoms. The van der Waals surface area contributed by atoms with Crippen LogP contribution >= 0.6 is 0 Å². The van der Waals surface area contributed by atoms with Crippen LogP contribution in [-0.4, -0.2) is 28.9 Å². The number of methoxy groups -OCH3 is 1. The minimum absolute atomic E-state index is 0.0479. The molecule has 0 atom stereocenters. The highest BCUT2D eigenvalue weighted by atomic mass is 16.5. The van der Waals surface area contributed by atoms with Crippen molar-refractivity contribution in [3.8, 4) is 33.9 Å². The van der Waals surface area contributed by atoms with E-state index in [4.69, 9.17) is 4.74 Å². The summed E-state index contributed by atoms with van der Waals surface area (Å²) in [5.41, 5.74) is 8.86. The highest BCUT2D eigenvalue weighted by Crippen LogP contribution is 2.41. The van der Waals surface area contributed by atoms with Crippen molar-refractivity contribution in [2.75, 3.05) is 7.11 Å². The number of carbonyl (C=O) groups is 1. The van der Waals surface area contributed by atoms with E-state index in [1.165, 1.54) is 19.4 Å². The number of aromatic hydroxyl groups is 1. The van der Waals surface area contributed by atoms with Gasteiger partial charge < -0.3 is 14.4 Å². The van der Waals surface area contributed by atoms with Crippen molar-refractivity contribution in [3.63, 3.8) is 0 Å². The highest BCUT2D eigenvalue weighted by molar-refractivity contribution is 6.04. The zero-order valence-corrected chi connectivity index (χ0v) is 20.5. The van der Waals surface area contributed by atoms with Gasteiger partial charge in [0.1, 0.15) is 0 Å². The Bertz CT molecular complexity index is 1560. The molecular formula is C31H27N3O3. The van der Waals surface area contributed by atoms with E-state index in [1.807, 2.05) is 48.5 Å². The quantitative estimate of drug-likeness (QED) is 0.200. The zero-order valence-electron chi connectivity index (χ0n) is 20.5. The number of para-hydroxylation sites is 1. The molecule has 2 N–H and O–H groups in total. The van der Waals surface area contributed by atoms with Crippen LogP contribution in [0.5, 0.6) is 11.5 Å². The van der Waals surface area contributed by atoms with Crippen LogP contribution in [0, 0.1) is 0 Å². The Balaban J connectivity index is 1.44. The predicted molar refractivity (Wildman–Crippen MR) is 148 cm³/mol. The van der Waals surface area contributed by atoms with Gasteiger partial charge in [-0.3, -0.25) is 4.79 Å². The lowest BCUT2D eigenvalue weighted by Gasteiger charge is -2.13. The van der Waals surface area contributed by atoms with Gasteiger partial charge in [0.15, 0.2) is 11.5 Å². The molecule has 6 nitrogen and oxygen atoms in total. The maximum atomic E-state index is 12.7. The molecule has 0 radical (unpaired) electrons. The van der Waals surface area contributed by atoms with Crippen LogP contribution in [-0.2, 0) is 11.3 Å². The first-order valence-electron chi connectivity index (χ1n) is 12.1. The maximum Gasteiger partial charge on any atom is 0.241 e. The van der Waals surface area contributed by atoms with Gasteiger partial charge >= 0.3 is 0 Å². The number of phenolic OH excluding ortho intramolecular Hbond substituents is 1. The molecule has 0 saturated carbocycles. The van der Waals surface area contributed by atoms with E-state index in [0.29, 0.717) is 17.9 Å². The van der Waals surface area contributed by atoms with Crippen LogP contribution in [0.15, 0.2) is 108 Å². The Morgan fingerprint density at radius 1 is 0.919 bits per heavy atom. The molecule has 0 fully saturated rings. The number of aryl methyl sites for hydroxylation is 1. The summed E-state index contributed by atoms with van der Waals surface area (Å²) < 4.78 is 7.34. The van der Waals surface area contributed by atoms with Gasteiger partial charge in [0.25, 0.3) is 0 Å². The molecule has 5 aromatic rings. The second-order valence-corrected chi connectivity index (χ2v) is 8.60. The molecule has 0 saturated heterocycles. The summed E-state index contributed by atoms with van der Waals surface area (Å²) in [6, 6.07) is 33.8. The first-order valence-corrected chi connectivity index (χ1v) is 12.1. The van der Waals surface area contributed by atoms with Crippen LogP contribution in [0.1, 0.15) is 12.0 Å². The number of hydrazone groups is 1. The van der Waals surface area contributed by atoms with Gasteiger partial charge in [-0.05, 0) is 41.0 Å². The first-order chi connectivity index (χ1) is 18.2. The van der Waals surface area contributed by atoms with Crippen molar-refractivity contribution in [2.45, 2.75) is 13.0 Å². The van der Waals surface area contributed by atoms with Gasteiger partial charge in [0.2, 0.25) is 5.91 Å². The molecule has 5 rings (SSSR count). The third kappa shape index (κ3) is 5.09. The Labute approximate surface area is 215 Å². The highest BCUT2D eigenvalue weighted by Gasteiger charge is 2.20. The molecule has 1 aromatic heterocycles. The average molecular weight is 490 g/mol. The number of nitrogens with zero attached hydrogens (tertiary/aromatic N) is 2. The van der Waals surface area contributed by atoms with Crippen LogP contribution in [0.25, 0.3) is 33.3 Å². The molecule has 0 aliphatic heterocycles. The third-order valence-electron chi connectivity index (χ3n) is 6.25. The van der Waals surface area contributed by atoms with Crippen LogP contribution in [0.4, 0.5) is 0 Å². The Hall–Kier alpha value is -4.84. The summed E-state index contributed by atoms with van der Waals surface area (Å²) in [7, 11) is 1.48. The molecule has 1 heterocycles. The molecule has 0 aliphatic carbocycles. The van der Waals surface area contributed by atoms with E-state index in [1.54, 1.807) is 12.1 Å². The molecule has 37 heavy (non-hydrogen) atoms. The number of phenols is 1. The fraction of sp³-hybridized carbons (Fsp3) is 0.0968. The minimum atomic E-state index is -0.194. The number of ether oxygens (including phenoxy) is 1. The normalized spacial score (nSPS) is 11.2. The van der Waals surface area contributed by atoms with Crippen molar-refractivity contribution < 1.29 is 14.6 Å². The predicted octanol–water partition coefficient (Wildman–Crippen LogP) is 6.23. The van der Waals surface area contributed by atoms with Crippen molar-refractivity contribution in [1.82, 2.24) is 9.99 Å². The summed E-state index contributed by atoms with van der Waals surface area (Å²) >= 11 is 0. The molecule has 0 bridgehead atoms. The number of fused-ring (bicyclic) bond motifs is 1. The second kappa shape index (κ2) is 10.8. The van der Waals surface area contributed by atoms with Gasteiger partial charge in [-0.15, -0.1) is 0 Å². The largest absolute Gasteiger partial charge is 0.504 e. The van der Waals surface area contributed by atoms with Gasteiger partial charge in [-0.1, -0.05) is 78.9 Å². The van der Waals surface area contributed by atoms with E-state index < -0.39 is 0 Å². The first kappa shape index (κ1) is 23.9. The monoisotopic (exact) mass is 489 g/mol. The fourth-order valence-corrected chi connectivity index (χ4v) is 4.55. The molecule has 184 valence electrons. The Morgan fingerprint density at radius 3 is 2.32 bits per heavy atom. The number of amides is 1. The molecule has 0 aliphatic rings. The van der Waals surface area contributed by atoms with E-state index in [2.05, 4.69) is 51.5 Å². The van der Waals surface area contributed by atoms with E-state index in [0.717, 1.165) is 33.3 Å². The lowest BCUT2D eigenvalue weighted by Crippen LogP contribution is -2.19. The van der Waals surface area contributed by atoms with Gasteiger partial charge in [0.05, 0.1) is 19.0 Å². The molecule has 1 amide bonds. The van der Waals surface area contributed by atoms with Crippen molar-refractivity contribution in [3.05, 3.63) is 109 Å². The number of aromatic nitrogens is 1. The maximum absolute atomic E-state index is 12.7. The Morgan fingerprint density at radius 2 is 1.59 bits per heavy atom. The summed E-state index contributed by atoms with van der Waals surface area (Å²) in [5, 5.41) is 15.0. The van der Waals surface area contributed by atoms with Crippen LogP contribution < -0.4 is 10.2 Å².